The van der Waals surface area contributed by atoms with Gasteiger partial charge in [0.2, 0.25) is 5.91 Å². The van der Waals surface area contributed by atoms with Gasteiger partial charge in [-0.05, 0) is 50.5 Å². The van der Waals surface area contributed by atoms with E-state index in [0.717, 1.165) is 19.4 Å². The van der Waals surface area contributed by atoms with Crippen molar-refractivity contribution in [2.75, 3.05) is 19.6 Å². The quantitative estimate of drug-likeness (QED) is 0.761. The van der Waals surface area contributed by atoms with Crippen molar-refractivity contribution in [3.63, 3.8) is 0 Å². The normalized spacial score (nSPS) is 47.4. The average Bonchev–Trinajstić information content (AvgIpc) is 2.72. The van der Waals surface area contributed by atoms with Crippen LogP contribution in [0.1, 0.15) is 32.1 Å². The molecule has 2 saturated heterocycles. The van der Waals surface area contributed by atoms with Crippen molar-refractivity contribution in [1.82, 2.24) is 10.6 Å². The number of nitrogens with one attached hydrogen (secondary N) is 2. The zero-order chi connectivity index (χ0) is 13.5. The summed E-state index contributed by atoms with van der Waals surface area (Å²) in [6.07, 6.45) is 0.514. The van der Waals surface area contributed by atoms with Gasteiger partial charge in [-0.25, -0.2) is 8.78 Å². The number of rotatable bonds is 1. The monoisotopic (exact) mass is 272 g/mol. The van der Waals surface area contributed by atoms with Gasteiger partial charge in [-0.15, -0.1) is 0 Å². The molecule has 108 valence electrons. The summed E-state index contributed by atoms with van der Waals surface area (Å²) in [7, 11) is 0. The average molecular weight is 272 g/mol. The van der Waals surface area contributed by atoms with Gasteiger partial charge in [0.15, 0.2) is 0 Å². The second-order valence-corrected chi connectivity index (χ2v) is 6.36. The van der Waals surface area contributed by atoms with Crippen LogP contribution in [0.4, 0.5) is 8.78 Å². The molecule has 5 heteroatoms. The van der Waals surface area contributed by atoms with Gasteiger partial charge >= 0.3 is 0 Å². The van der Waals surface area contributed by atoms with Crippen molar-refractivity contribution in [2.45, 2.75) is 44.4 Å². The van der Waals surface area contributed by atoms with Crippen LogP contribution in [-0.4, -0.2) is 37.9 Å². The first-order valence-corrected chi connectivity index (χ1v) is 7.40. The molecule has 3 fully saturated rings. The van der Waals surface area contributed by atoms with E-state index in [1.165, 1.54) is 0 Å². The first-order valence-electron chi connectivity index (χ1n) is 7.40. The van der Waals surface area contributed by atoms with E-state index in [1.807, 2.05) is 0 Å². The third kappa shape index (κ3) is 2.16. The number of amides is 1. The Morgan fingerprint density at radius 3 is 2.74 bits per heavy atom. The van der Waals surface area contributed by atoms with Crippen LogP contribution in [0.5, 0.6) is 0 Å². The summed E-state index contributed by atoms with van der Waals surface area (Å²) in [5.41, 5.74) is -0.369. The van der Waals surface area contributed by atoms with E-state index < -0.39 is 12.3 Å². The van der Waals surface area contributed by atoms with Gasteiger partial charge in [-0.2, -0.15) is 0 Å². The summed E-state index contributed by atoms with van der Waals surface area (Å²) in [5.74, 6) is 0.418. The molecule has 0 radical (unpaired) electrons. The van der Waals surface area contributed by atoms with E-state index in [1.54, 1.807) is 0 Å². The van der Waals surface area contributed by atoms with Crippen molar-refractivity contribution in [2.24, 2.45) is 17.3 Å². The predicted octanol–water partition coefficient (Wildman–Crippen LogP) is 1.58. The fraction of sp³-hybridized carbons (Fsp3) is 0.929. The highest BCUT2D eigenvalue weighted by molar-refractivity contribution is 5.85. The van der Waals surface area contributed by atoms with E-state index in [9.17, 15) is 13.6 Å². The molecule has 0 bridgehead atoms. The predicted molar refractivity (Wildman–Crippen MR) is 68.2 cm³/mol. The molecule has 5 unspecified atom stereocenters. The number of piperidine rings is 1. The van der Waals surface area contributed by atoms with Crippen molar-refractivity contribution in [3.8, 4) is 0 Å². The molecule has 1 spiro atoms. The lowest BCUT2D eigenvalue weighted by atomic mass is 9.64. The number of halogens is 2. The third-order valence-electron chi connectivity index (χ3n) is 5.36. The van der Waals surface area contributed by atoms with Gasteiger partial charge in [0.25, 0.3) is 0 Å². The highest BCUT2D eigenvalue weighted by atomic mass is 19.2. The molecule has 2 N–H and O–H groups in total. The Labute approximate surface area is 112 Å². The van der Waals surface area contributed by atoms with Crippen LogP contribution in [0.2, 0.25) is 0 Å². The molecule has 0 aromatic carbocycles. The van der Waals surface area contributed by atoms with Crippen molar-refractivity contribution >= 4 is 5.91 Å². The molecule has 3 nitrogen and oxygen atoms in total. The first-order chi connectivity index (χ1) is 9.13. The first kappa shape index (κ1) is 13.3. The second kappa shape index (κ2) is 5.00. The van der Waals surface area contributed by atoms with E-state index in [2.05, 4.69) is 10.6 Å². The van der Waals surface area contributed by atoms with Crippen LogP contribution >= 0.6 is 0 Å². The minimum atomic E-state index is -1.34. The fourth-order valence-electron chi connectivity index (χ4n) is 4.27. The molecule has 1 saturated carbocycles. The molecule has 5 atom stereocenters. The van der Waals surface area contributed by atoms with Crippen molar-refractivity contribution < 1.29 is 13.6 Å². The van der Waals surface area contributed by atoms with Crippen LogP contribution < -0.4 is 10.6 Å². The molecular weight excluding hydrogens is 250 g/mol. The van der Waals surface area contributed by atoms with E-state index in [-0.39, 0.29) is 29.6 Å². The van der Waals surface area contributed by atoms with Crippen molar-refractivity contribution in [3.05, 3.63) is 0 Å². The number of alkyl halides is 2. The van der Waals surface area contributed by atoms with Crippen LogP contribution in [0.15, 0.2) is 0 Å². The number of hydrogen-bond donors (Lipinski definition) is 2. The summed E-state index contributed by atoms with van der Waals surface area (Å²) in [6.45, 7) is 2.27. The van der Waals surface area contributed by atoms with Crippen LogP contribution in [0, 0.1) is 17.3 Å². The van der Waals surface area contributed by atoms with Crippen LogP contribution in [0.25, 0.3) is 0 Å². The second-order valence-electron chi connectivity index (χ2n) is 6.36. The minimum absolute atomic E-state index is 0.113. The lowest BCUT2D eigenvalue weighted by molar-refractivity contribution is -0.131. The van der Waals surface area contributed by atoms with Gasteiger partial charge in [0, 0.05) is 13.1 Å². The Kier molecular flexibility index (Phi) is 3.50. The largest absolute Gasteiger partial charge is 0.355 e. The van der Waals surface area contributed by atoms with Gasteiger partial charge in [0.1, 0.15) is 12.3 Å². The third-order valence-corrected chi connectivity index (χ3v) is 5.36. The zero-order valence-corrected chi connectivity index (χ0v) is 11.1. The van der Waals surface area contributed by atoms with Crippen LogP contribution in [-0.2, 0) is 4.79 Å². The molecule has 3 aliphatic rings. The summed E-state index contributed by atoms with van der Waals surface area (Å²) in [5, 5.41) is 6.27. The molecular formula is C14H22F2N2O. The Balaban J connectivity index is 1.77. The maximum absolute atomic E-state index is 13.6. The Morgan fingerprint density at radius 2 is 2.05 bits per heavy atom. The molecule has 1 amide bonds. The highest BCUT2D eigenvalue weighted by Crippen LogP contribution is 2.47. The zero-order valence-electron chi connectivity index (χ0n) is 11.1. The van der Waals surface area contributed by atoms with Crippen LogP contribution in [0.3, 0.4) is 0 Å². The standard InChI is InChI=1S/C14H22F2N2O/c15-11-3-2-9(6-12(11)16)10-7-18-13(19)14(10)4-1-5-17-8-14/h9-12,17H,1-8H2,(H,18,19). The number of carbonyl (C=O) groups is 1. The Morgan fingerprint density at radius 1 is 1.21 bits per heavy atom. The molecule has 2 heterocycles. The molecule has 1 aliphatic carbocycles. The summed E-state index contributed by atoms with van der Waals surface area (Å²) in [6, 6.07) is 0. The summed E-state index contributed by atoms with van der Waals surface area (Å²) < 4.78 is 26.9. The van der Waals surface area contributed by atoms with E-state index >= 15 is 0 Å². The molecule has 0 aromatic heterocycles. The maximum Gasteiger partial charge on any atom is 0.227 e. The number of hydrogen-bond acceptors (Lipinski definition) is 2. The number of carbonyl (C=O) groups excluding carboxylic acids is 1. The lowest BCUT2D eigenvalue weighted by Crippen LogP contribution is -2.50. The van der Waals surface area contributed by atoms with E-state index in [0.29, 0.717) is 25.9 Å². The molecule has 3 rings (SSSR count). The topological polar surface area (TPSA) is 41.1 Å². The van der Waals surface area contributed by atoms with Crippen molar-refractivity contribution in [1.29, 1.82) is 0 Å². The Bertz CT molecular complexity index is 357. The minimum Gasteiger partial charge on any atom is -0.355 e. The summed E-state index contributed by atoms with van der Waals surface area (Å²) in [4.78, 5) is 12.2. The molecule has 0 aromatic rings. The van der Waals surface area contributed by atoms with Gasteiger partial charge in [-0.1, -0.05) is 0 Å². The SMILES string of the molecule is O=C1NCC(C2CCC(F)C(F)C2)C12CCCNC2. The smallest absolute Gasteiger partial charge is 0.227 e. The molecule has 2 aliphatic heterocycles. The van der Waals surface area contributed by atoms with E-state index in [4.69, 9.17) is 0 Å². The maximum atomic E-state index is 13.6. The molecule has 19 heavy (non-hydrogen) atoms. The highest BCUT2D eigenvalue weighted by Gasteiger charge is 2.54. The summed E-state index contributed by atoms with van der Waals surface area (Å²) >= 11 is 0. The van der Waals surface area contributed by atoms with Gasteiger partial charge in [0.05, 0.1) is 5.41 Å². The Hall–Kier alpha value is -0.710. The fourth-order valence-corrected chi connectivity index (χ4v) is 4.27. The lowest BCUT2D eigenvalue weighted by Gasteiger charge is -2.42. The van der Waals surface area contributed by atoms with Gasteiger partial charge in [-0.3, -0.25) is 4.79 Å². The van der Waals surface area contributed by atoms with Gasteiger partial charge < -0.3 is 10.6 Å².